The minimum absolute atomic E-state index is 0.140. The fourth-order valence-corrected chi connectivity index (χ4v) is 4.53. The minimum atomic E-state index is -0.342. The van der Waals surface area contributed by atoms with Gasteiger partial charge in [-0.25, -0.2) is 4.39 Å². The van der Waals surface area contributed by atoms with Crippen LogP contribution in [-0.4, -0.2) is 32.1 Å². The third-order valence-corrected chi connectivity index (χ3v) is 6.26. The number of halogens is 1. The Balaban J connectivity index is 1.58. The van der Waals surface area contributed by atoms with Crippen molar-refractivity contribution in [3.8, 4) is 0 Å². The minimum Gasteiger partial charge on any atom is -0.383 e. The van der Waals surface area contributed by atoms with Crippen LogP contribution in [0.3, 0.4) is 0 Å². The molecule has 0 saturated carbocycles. The maximum absolute atomic E-state index is 14.3. The summed E-state index contributed by atoms with van der Waals surface area (Å²) in [4.78, 5) is 28.6. The third-order valence-electron chi connectivity index (χ3n) is 5.18. The Morgan fingerprint density at radius 2 is 1.79 bits per heavy atom. The Bertz CT molecular complexity index is 1190. The summed E-state index contributed by atoms with van der Waals surface area (Å²) in [5.74, 6) is -0.714. The van der Waals surface area contributed by atoms with Gasteiger partial charge in [0.2, 0.25) is 0 Å². The summed E-state index contributed by atoms with van der Waals surface area (Å²) in [6.07, 6.45) is 1.80. The van der Waals surface area contributed by atoms with Crippen molar-refractivity contribution < 1.29 is 18.7 Å². The summed E-state index contributed by atoms with van der Waals surface area (Å²) in [7, 11) is 1.58. The molecule has 1 heterocycles. The van der Waals surface area contributed by atoms with E-state index in [-0.39, 0.29) is 24.2 Å². The largest absolute Gasteiger partial charge is 0.383 e. The van der Waals surface area contributed by atoms with Crippen LogP contribution in [0.1, 0.15) is 21.5 Å². The molecule has 0 saturated heterocycles. The van der Waals surface area contributed by atoms with Crippen molar-refractivity contribution in [3.05, 3.63) is 100 Å². The molecular weight excluding hydrogens is 439 g/mol. The monoisotopic (exact) mass is 462 g/mol. The summed E-state index contributed by atoms with van der Waals surface area (Å²) in [5, 5.41) is 2.78. The van der Waals surface area contributed by atoms with Crippen molar-refractivity contribution in [1.82, 2.24) is 5.32 Å². The van der Waals surface area contributed by atoms with Crippen LogP contribution >= 0.6 is 11.8 Å². The highest BCUT2D eigenvalue weighted by atomic mass is 32.2. The second kappa shape index (κ2) is 10.5. The van der Waals surface area contributed by atoms with Crippen LogP contribution in [0.5, 0.6) is 0 Å². The molecule has 7 heteroatoms. The number of hydrogen-bond donors (Lipinski definition) is 1. The van der Waals surface area contributed by atoms with Gasteiger partial charge in [-0.05, 0) is 42.0 Å². The maximum atomic E-state index is 14.3. The van der Waals surface area contributed by atoms with Gasteiger partial charge in [-0.3, -0.25) is 9.59 Å². The van der Waals surface area contributed by atoms with E-state index in [2.05, 4.69) is 5.32 Å². The number of anilines is 1. The van der Waals surface area contributed by atoms with Crippen LogP contribution < -0.4 is 10.2 Å². The Morgan fingerprint density at radius 3 is 2.55 bits per heavy atom. The Morgan fingerprint density at radius 1 is 1.06 bits per heavy atom. The quantitative estimate of drug-likeness (QED) is 0.402. The molecule has 0 unspecified atom stereocenters. The first kappa shape index (κ1) is 22.8. The SMILES string of the molecule is COCCNC(=O)c1ccc(/C=C2\Sc3ccccc3N(Cc3ccccc3F)C2=O)cc1. The Labute approximate surface area is 196 Å². The lowest BCUT2D eigenvalue weighted by molar-refractivity contribution is -0.114. The normalized spacial score (nSPS) is 14.3. The number of ether oxygens (including phenoxy) is 1. The first-order valence-electron chi connectivity index (χ1n) is 10.5. The molecule has 1 N–H and O–H groups in total. The van der Waals surface area contributed by atoms with E-state index in [1.807, 2.05) is 24.3 Å². The van der Waals surface area contributed by atoms with Gasteiger partial charge in [0, 0.05) is 29.7 Å². The molecule has 33 heavy (non-hydrogen) atoms. The molecule has 0 atom stereocenters. The Hall–Kier alpha value is -3.42. The molecule has 3 aromatic carbocycles. The van der Waals surface area contributed by atoms with Gasteiger partial charge < -0.3 is 15.0 Å². The summed E-state index contributed by atoms with van der Waals surface area (Å²) >= 11 is 1.39. The van der Waals surface area contributed by atoms with Crippen LogP contribution in [0, 0.1) is 5.82 Å². The van der Waals surface area contributed by atoms with E-state index >= 15 is 0 Å². The van der Waals surface area contributed by atoms with Crippen molar-refractivity contribution in [2.75, 3.05) is 25.2 Å². The molecule has 0 spiro atoms. The third kappa shape index (κ3) is 5.32. The van der Waals surface area contributed by atoms with Gasteiger partial charge in [-0.15, -0.1) is 0 Å². The molecule has 4 rings (SSSR count). The highest BCUT2D eigenvalue weighted by molar-refractivity contribution is 8.04. The van der Waals surface area contributed by atoms with E-state index < -0.39 is 0 Å². The van der Waals surface area contributed by atoms with Crippen molar-refractivity contribution in [2.45, 2.75) is 11.4 Å². The molecule has 0 aromatic heterocycles. The summed E-state index contributed by atoms with van der Waals surface area (Å²) in [6, 6.07) is 21.1. The average molecular weight is 463 g/mol. The zero-order valence-electron chi connectivity index (χ0n) is 18.1. The number of nitrogens with zero attached hydrogens (tertiary/aromatic N) is 1. The summed E-state index contributed by atoms with van der Waals surface area (Å²) in [5.41, 5.74) is 2.54. The molecule has 1 aliphatic rings. The van der Waals surface area contributed by atoms with E-state index in [4.69, 9.17) is 4.74 Å². The van der Waals surface area contributed by atoms with Gasteiger partial charge in [0.15, 0.2) is 0 Å². The maximum Gasteiger partial charge on any atom is 0.265 e. The smallest absolute Gasteiger partial charge is 0.265 e. The van der Waals surface area contributed by atoms with Crippen LogP contribution in [0.15, 0.2) is 82.6 Å². The van der Waals surface area contributed by atoms with E-state index in [0.29, 0.717) is 29.2 Å². The van der Waals surface area contributed by atoms with Crippen LogP contribution in [0.25, 0.3) is 6.08 Å². The van der Waals surface area contributed by atoms with E-state index in [9.17, 15) is 14.0 Å². The van der Waals surface area contributed by atoms with Crippen molar-refractivity contribution >= 4 is 35.3 Å². The number of hydrogen-bond acceptors (Lipinski definition) is 4. The van der Waals surface area contributed by atoms with Gasteiger partial charge in [-0.2, -0.15) is 0 Å². The van der Waals surface area contributed by atoms with Crippen LogP contribution in [0.2, 0.25) is 0 Å². The van der Waals surface area contributed by atoms with E-state index in [1.54, 1.807) is 60.6 Å². The van der Waals surface area contributed by atoms with E-state index in [1.165, 1.54) is 17.8 Å². The number of amides is 2. The molecular formula is C26H23FN2O3S. The van der Waals surface area contributed by atoms with Gasteiger partial charge in [-0.1, -0.05) is 54.2 Å². The second-order valence-corrected chi connectivity index (χ2v) is 8.52. The number of para-hydroxylation sites is 1. The number of nitrogens with one attached hydrogen (secondary N) is 1. The van der Waals surface area contributed by atoms with E-state index in [0.717, 1.165) is 16.1 Å². The average Bonchev–Trinajstić information content (AvgIpc) is 2.83. The van der Waals surface area contributed by atoms with Crippen molar-refractivity contribution in [3.63, 3.8) is 0 Å². The molecule has 3 aromatic rings. The predicted molar refractivity (Wildman–Crippen MR) is 129 cm³/mol. The van der Waals surface area contributed by atoms with Gasteiger partial charge >= 0.3 is 0 Å². The lowest BCUT2D eigenvalue weighted by atomic mass is 10.1. The highest BCUT2D eigenvalue weighted by Gasteiger charge is 2.29. The predicted octanol–water partition coefficient (Wildman–Crippen LogP) is 4.88. The number of methoxy groups -OCH3 is 1. The zero-order valence-corrected chi connectivity index (χ0v) is 18.9. The number of rotatable bonds is 7. The molecule has 5 nitrogen and oxygen atoms in total. The highest BCUT2D eigenvalue weighted by Crippen LogP contribution is 2.42. The molecule has 168 valence electrons. The summed E-state index contributed by atoms with van der Waals surface area (Å²) in [6.45, 7) is 1.02. The topological polar surface area (TPSA) is 58.6 Å². The van der Waals surface area contributed by atoms with Gasteiger partial charge in [0.05, 0.1) is 23.7 Å². The lowest BCUT2D eigenvalue weighted by Gasteiger charge is -2.30. The van der Waals surface area contributed by atoms with Crippen molar-refractivity contribution in [2.24, 2.45) is 0 Å². The zero-order chi connectivity index (χ0) is 23.2. The fourth-order valence-electron chi connectivity index (χ4n) is 3.47. The molecule has 1 aliphatic heterocycles. The molecule has 2 amide bonds. The van der Waals surface area contributed by atoms with Gasteiger partial charge in [0.1, 0.15) is 5.82 Å². The number of carbonyl (C=O) groups is 2. The van der Waals surface area contributed by atoms with Crippen LogP contribution in [-0.2, 0) is 16.1 Å². The molecule has 0 aliphatic carbocycles. The summed E-state index contributed by atoms with van der Waals surface area (Å²) < 4.78 is 19.2. The van der Waals surface area contributed by atoms with Crippen LogP contribution in [0.4, 0.5) is 10.1 Å². The first-order chi connectivity index (χ1) is 16.1. The first-order valence-corrected chi connectivity index (χ1v) is 11.3. The van der Waals surface area contributed by atoms with Crippen molar-refractivity contribution in [1.29, 1.82) is 0 Å². The number of benzene rings is 3. The number of thioether (sulfide) groups is 1. The second-order valence-electron chi connectivity index (χ2n) is 7.43. The Kier molecular flexibility index (Phi) is 7.22. The number of fused-ring (bicyclic) bond motifs is 1. The van der Waals surface area contributed by atoms with Gasteiger partial charge in [0.25, 0.3) is 11.8 Å². The fraction of sp³-hybridized carbons (Fsp3) is 0.154. The lowest BCUT2D eigenvalue weighted by Crippen LogP contribution is -2.34. The number of carbonyl (C=O) groups excluding carboxylic acids is 2. The molecule has 0 radical (unpaired) electrons. The molecule has 0 fully saturated rings. The molecule has 0 bridgehead atoms. The standard InChI is InChI=1S/C26H23FN2O3S/c1-32-15-14-28-25(30)19-12-10-18(11-13-19)16-24-26(31)29(17-20-6-2-3-7-21(20)27)22-8-4-5-9-23(22)33-24/h2-13,16H,14-15,17H2,1H3,(H,28,30)/b24-16-.